The molecule has 1 amide bonds. The van der Waals surface area contributed by atoms with Crippen LogP contribution in [-0.2, 0) is 14.3 Å². The van der Waals surface area contributed by atoms with Crippen LogP contribution in [0.5, 0.6) is 0 Å². The standard InChI is InChI=1S/C18H35NO4/c1-5-7-8-9-12-16(19-18(21)23-13-6-2)17(20)22-14-10-11-15(3)4/h15-16H,5-14H2,1-4H3,(H,19,21). The number of unbranched alkanes of at least 4 members (excludes halogenated alkanes) is 3. The van der Waals surface area contributed by atoms with Crippen LogP contribution < -0.4 is 5.32 Å². The Kier molecular flexibility index (Phi) is 13.6. The van der Waals surface area contributed by atoms with Crippen molar-refractivity contribution in [1.29, 1.82) is 0 Å². The maximum Gasteiger partial charge on any atom is 0.407 e. The van der Waals surface area contributed by atoms with Crippen molar-refractivity contribution in [3.05, 3.63) is 0 Å². The molecule has 0 spiro atoms. The first-order valence-corrected chi connectivity index (χ1v) is 9.11. The number of nitrogens with one attached hydrogen (secondary N) is 1. The molecule has 0 rings (SSSR count). The molecule has 0 aromatic heterocycles. The Bertz CT molecular complexity index is 318. The van der Waals surface area contributed by atoms with Gasteiger partial charge in [-0.2, -0.15) is 0 Å². The van der Waals surface area contributed by atoms with E-state index in [2.05, 4.69) is 26.1 Å². The fraction of sp³-hybridized carbons (Fsp3) is 0.889. The number of hydrogen-bond donors (Lipinski definition) is 1. The highest BCUT2D eigenvalue weighted by Crippen LogP contribution is 2.09. The predicted octanol–water partition coefficient (Wildman–Crippen LogP) is 4.44. The summed E-state index contributed by atoms with van der Waals surface area (Å²) in [4.78, 5) is 23.9. The maximum absolute atomic E-state index is 12.2. The van der Waals surface area contributed by atoms with Crippen LogP contribution in [0.15, 0.2) is 0 Å². The minimum Gasteiger partial charge on any atom is -0.464 e. The zero-order valence-corrected chi connectivity index (χ0v) is 15.4. The van der Waals surface area contributed by atoms with Crippen molar-refractivity contribution >= 4 is 12.1 Å². The van der Waals surface area contributed by atoms with E-state index in [0.29, 0.717) is 25.6 Å². The van der Waals surface area contributed by atoms with E-state index >= 15 is 0 Å². The monoisotopic (exact) mass is 329 g/mol. The smallest absolute Gasteiger partial charge is 0.407 e. The van der Waals surface area contributed by atoms with Gasteiger partial charge in [0.2, 0.25) is 0 Å². The molecule has 0 aliphatic carbocycles. The first-order chi connectivity index (χ1) is 11.0. The Morgan fingerprint density at radius 3 is 2.22 bits per heavy atom. The Labute approximate surface area is 141 Å². The molecular weight excluding hydrogens is 294 g/mol. The second kappa shape index (κ2) is 14.3. The molecule has 0 aliphatic rings. The molecule has 1 atom stereocenters. The highest BCUT2D eigenvalue weighted by molar-refractivity contribution is 5.81. The van der Waals surface area contributed by atoms with Crippen molar-refractivity contribution in [2.45, 2.75) is 85.1 Å². The third-order valence-corrected chi connectivity index (χ3v) is 3.53. The van der Waals surface area contributed by atoms with Gasteiger partial charge in [0.25, 0.3) is 0 Å². The van der Waals surface area contributed by atoms with Gasteiger partial charge in [-0.3, -0.25) is 0 Å². The van der Waals surface area contributed by atoms with Crippen LogP contribution in [0.2, 0.25) is 0 Å². The molecule has 0 heterocycles. The van der Waals surface area contributed by atoms with Crippen LogP contribution in [0.3, 0.4) is 0 Å². The second-order valence-corrected chi connectivity index (χ2v) is 6.39. The van der Waals surface area contributed by atoms with E-state index in [1.54, 1.807) is 0 Å². The summed E-state index contributed by atoms with van der Waals surface area (Å²) < 4.78 is 10.3. The van der Waals surface area contributed by atoms with E-state index in [4.69, 9.17) is 9.47 Å². The fourth-order valence-electron chi connectivity index (χ4n) is 2.17. The van der Waals surface area contributed by atoms with Gasteiger partial charge >= 0.3 is 12.1 Å². The van der Waals surface area contributed by atoms with Crippen molar-refractivity contribution in [1.82, 2.24) is 5.32 Å². The second-order valence-electron chi connectivity index (χ2n) is 6.39. The molecule has 0 aliphatic heterocycles. The minimum atomic E-state index is -0.602. The van der Waals surface area contributed by atoms with Gasteiger partial charge in [0, 0.05) is 0 Å². The summed E-state index contributed by atoms with van der Waals surface area (Å²) in [5.74, 6) is 0.249. The number of alkyl carbamates (subject to hydrolysis) is 1. The highest BCUT2D eigenvalue weighted by atomic mass is 16.6. The summed E-state index contributed by atoms with van der Waals surface area (Å²) >= 11 is 0. The summed E-state index contributed by atoms with van der Waals surface area (Å²) in [6, 6.07) is -0.602. The zero-order chi connectivity index (χ0) is 17.5. The summed E-state index contributed by atoms with van der Waals surface area (Å²) in [7, 11) is 0. The minimum absolute atomic E-state index is 0.348. The largest absolute Gasteiger partial charge is 0.464 e. The van der Waals surface area contributed by atoms with E-state index in [1.807, 2.05) is 6.92 Å². The van der Waals surface area contributed by atoms with Crippen LogP contribution in [-0.4, -0.2) is 31.3 Å². The molecule has 0 radical (unpaired) electrons. The lowest BCUT2D eigenvalue weighted by atomic mass is 10.1. The van der Waals surface area contributed by atoms with Crippen LogP contribution in [0.1, 0.15) is 79.1 Å². The number of carbonyl (C=O) groups excluding carboxylic acids is 2. The van der Waals surface area contributed by atoms with Gasteiger partial charge < -0.3 is 14.8 Å². The fourth-order valence-corrected chi connectivity index (χ4v) is 2.17. The first kappa shape index (κ1) is 21.7. The summed E-state index contributed by atoms with van der Waals surface area (Å²) in [6.45, 7) is 9.12. The van der Waals surface area contributed by atoms with Crippen LogP contribution in [0.4, 0.5) is 4.79 Å². The Morgan fingerprint density at radius 1 is 0.870 bits per heavy atom. The van der Waals surface area contributed by atoms with E-state index in [0.717, 1.165) is 44.9 Å². The topological polar surface area (TPSA) is 64.6 Å². The number of amides is 1. The Hall–Kier alpha value is -1.26. The summed E-state index contributed by atoms with van der Waals surface area (Å²) in [6.07, 6.45) is 6.93. The van der Waals surface area contributed by atoms with Crippen LogP contribution >= 0.6 is 0 Å². The molecule has 0 bridgehead atoms. The molecule has 0 saturated heterocycles. The van der Waals surface area contributed by atoms with Gasteiger partial charge in [0.15, 0.2) is 0 Å². The average molecular weight is 329 g/mol. The highest BCUT2D eigenvalue weighted by Gasteiger charge is 2.22. The third kappa shape index (κ3) is 12.9. The Balaban J connectivity index is 4.26. The average Bonchev–Trinajstić information content (AvgIpc) is 2.52. The molecular formula is C18H35NO4. The van der Waals surface area contributed by atoms with Crippen molar-refractivity contribution in [3.63, 3.8) is 0 Å². The number of esters is 1. The van der Waals surface area contributed by atoms with Crippen LogP contribution in [0, 0.1) is 5.92 Å². The Morgan fingerprint density at radius 2 is 1.61 bits per heavy atom. The van der Waals surface area contributed by atoms with Gasteiger partial charge in [0.05, 0.1) is 13.2 Å². The van der Waals surface area contributed by atoms with Gasteiger partial charge in [-0.15, -0.1) is 0 Å². The molecule has 0 aromatic rings. The molecule has 23 heavy (non-hydrogen) atoms. The molecule has 1 unspecified atom stereocenters. The van der Waals surface area contributed by atoms with Crippen molar-refractivity contribution in [3.8, 4) is 0 Å². The summed E-state index contributed by atoms with van der Waals surface area (Å²) in [5, 5.41) is 2.64. The van der Waals surface area contributed by atoms with Crippen molar-refractivity contribution in [2.24, 2.45) is 5.92 Å². The van der Waals surface area contributed by atoms with E-state index < -0.39 is 12.1 Å². The normalized spacial score (nSPS) is 12.0. The molecule has 0 fully saturated rings. The number of carbonyl (C=O) groups is 2. The molecule has 5 nitrogen and oxygen atoms in total. The lowest BCUT2D eigenvalue weighted by Gasteiger charge is -2.17. The van der Waals surface area contributed by atoms with E-state index in [-0.39, 0.29) is 5.97 Å². The number of ether oxygens (including phenoxy) is 2. The van der Waals surface area contributed by atoms with E-state index in [9.17, 15) is 9.59 Å². The maximum atomic E-state index is 12.2. The lowest BCUT2D eigenvalue weighted by molar-refractivity contribution is -0.146. The number of rotatable bonds is 13. The van der Waals surface area contributed by atoms with Gasteiger partial charge in [-0.1, -0.05) is 53.4 Å². The SMILES string of the molecule is CCCCCCC(NC(=O)OCCC)C(=O)OCCCC(C)C. The van der Waals surface area contributed by atoms with Crippen molar-refractivity contribution in [2.75, 3.05) is 13.2 Å². The predicted molar refractivity (Wildman–Crippen MR) is 92.4 cm³/mol. The van der Waals surface area contributed by atoms with Gasteiger partial charge in [-0.05, 0) is 31.6 Å². The zero-order valence-electron chi connectivity index (χ0n) is 15.4. The molecule has 1 N–H and O–H groups in total. The summed E-state index contributed by atoms with van der Waals surface area (Å²) in [5.41, 5.74) is 0. The van der Waals surface area contributed by atoms with Gasteiger partial charge in [0.1, 0.15) is 6.04 Å². The molecule has 5 heteroatoms. The van der Waals surface area contributed by atoms with Gasteiger partial charge in [-0.25, -0.2) is 9.59 Å². The van der Waals surface area contributed by atoms with Crippen molar-refractivity contribution < 1.29 is 19.1 Å². The molecule has 0 saturated carbocycles. The molecule has 0 aromatic carbocycles. The molecule has 136 valence electrons. The first-order valence-electron chi connectivity index (χ1n) is 9.11. The van der Waals surface area contributed by atoms with E-state index in [1.165, 1.54) is 0 Å². The lowest BCUT2D eigenvalue weighted by Crippen LogP contribution is -2.42. The number of hydrogen-bond acceptors (Lipinski definition) is 4. The third-order valence-electron chi connectivity index (χ3n) is 3.53. The van der Waals surface area contributed by atoms with Crippen LogP contribution in [0.25, 0.3) is 0 Å². The quantitative estimate of drug-likeness (QED) is 0.401.